The maximum absolute atomic E-state index is 14.0. The molecule has 0 radical (unpaired) electrons. The highest BCUT2D eigenvalue weighted by atomic mass is 19.1. The van der Waals surface area contributed by atoms with Gasteiger partial charge in [0.25, 0.3) is 11.6 Å². The highest BCUT2D eigenvalue weighted by Crippen LogP contribution is 2.30. The second kappa shape index (κ2) is 9.41. The van der Waals surface area contributed by atoms with Gasteiger partial charge >= 0.3 is 5.97 Å². The van der Waals surface area contributed by atoms with Crippen LogP contribution in [0.2, 0.25) is 0 Å². The van der Waals surface area contributed by atoms with Gasteiger partial charge in [-0.2, -0.15) is 0 Å². The normalized spacial score (nSPS) is 16.4. The van der Waals surface area contributed by atoms with Gasteiger partial charge in [0.05, 0.1) is 29.3 Å². The number of hydrogen-bond donors (Lipinski definition) is 1. The number of carbonyl (C=O) groups excluding carboxylic acids is 3. The topological polar surface area (TPSA) is 128 Å². The van der Waals surface area contributed by atoms with Crippen molar-refractivity contribution in [1.82, 2.24) is 0 Å². The number of benzene rings is 2. The molecule has 1 aliphatic rings. The molecule has 1 saturated heterocycles. The summed E-state index contributed by atoms with van der Waals surface area (Å²) in [5.41, 5.74) is -0.156. The molecule has 2 atom stereocenters. The van der Waals surface area contributed by atoms with E-state index in [0.29, 0.717) is 0 Å². The van der Waals surface area contributed by atoms with Gasteiger partial charge in [0.15, 0.2) is 6.10 Å². The van der Waals surface area contributed by atoms with Gasteiger partial charge in [-0.15, -0.1) is 0 Å². The molecule has 1 aliphatic heterocycles. The van der Waals surface area contributed by atoms with E-state index in [9.17, 15) is 28.9 Å². The van der Waals surface area contributed by atoms with E-state index in [2.05, 4.69) is 5.32 Å². The van der Waals surface area contributed by atoms with Crippen LogP contribution >= 0.6 is 0 Å². The molecule has 1 N–H and O–H groups in total. The third-order valence-electron chi connectivity index (χ3n) is 4.92. The number of nitrogens with one attached hydrogen (secondary N) is 1. The van der Waals surface area contributed by atoms with Crippen molar-refractivity contribution in [3.8, 4) is 5.75 Å². The molecule has 32 heavy (non-hydrogen) atoms. The minimum absolute atomic E-state index is 0.0383. The Morgan fingerprint density at radius 3 is 2.66 bits per heavy atom. The van der Waals surface area contributed by atoms with Crippen molar-refractivity contribution in [3.05, 3.63) is 58.4 Å². The Labute approximate surface area is 182 Å². The monoisotopic (exact) mass is 445 g/mol. The zero-order chi connectivity index (χ0) is 23.4. The molecule has 0 bridgehead atoms. The van der Waals surface area contributed by atoms with Crippen LogP contribution in [-0.2, 0) is 19.1 Å². The number of rotatable bonds is 7. The summed E-state index contributed by atoms with van der Waals surface area (Å²) < 4.78 is 24.3. The van der Waals surface area contributed by atoms with E-state index in [0.717, 1.165) is 6.07 Å². The summed E-state index contributed by atoms with van der Waals surface area (Å²) >= 11 is 0. The summed E-state index contributed by atoms with van der Waals surface area (Å²) in [5, 5.41) is 13.4. The molecule has 168 valence electrons. The molecular formula is C21H20FN3O7. The molecule has 1 heterocycles. The molecule has 0 spiro atoms. The maximum Gasteiger partial charge on any atom is 0.312 e. The van der Waals surface area contributed by atoms with Crippen LogP contribution in [0.4, 0.5) is 21.5 Å². The number of methoxy groups -OCH3 is 1. The third-order valence-corrected chi connectivity index (χ3v) is 4.92. The lowest BCUT2D eigenvalue weighted by Crippen LogP contribution is -2.33. The molecule has 2 aromatic carbocycles. The number of halogens is 1. The number of para-hydroxylation sites is 1. The van der Waals surface area contributed by atoms with Crippen molar-refractivity contribution >= 4 is 34.8 Å². The largest absolute Gasteiger partial charge is 0.495 e. The predicted octanol–water partition coefficient (Wildman–Crippen LogP) is 2.67. The Bertz CT molecular complexity index is 1080. The average Bonchev–Trinajstić information content (AvgIpc) is 3.15. The summed E-state index contributed by atoms with van der Waals surface area (Å²) in [7, 11) is 1.33. The van der Waals surface area contributed by atoms with E-state index >= 15 is 0 Å². The number of non-ortho nitro benzene ring substituents is 1. The molecule has 0 aliphatic carbocycles. The number of carbonyl (C=O) groups is 3. The molecule has 0 saturated carbocycles. The highest BCUT2D eigenvalue weighted by Gasteiger charge is 2.38. The van der Waals surface area contributed by atoms with Crippen molar-refractivity contribution in [1.29, 1.82) is 0 Å². The van der Waals surface area contributed by atoms with E-state index in [4.69, 9.17) is 9.47 Å². The fourth-order valence-electron chi connectivity index (χ4n) is 3.23. The molecule has 1 fully saturated rings. The summed E-state index contributed by atoms with van der Waals surface area (Å²) in [5.74, 6) is -3.24. The second-order valence-corrected chi connectivity index (χ2v) is 7.07. The van der Waals surface area contributed by atoms with Crippen LogP contribution in [0.15, 0.2) is 42.5 Å². The molecule has 10 nitrogen and oxygen atoms in total. The standard InChI is InChI=1S/C21H20FN3O7/c1-12(20(27)23-16-10-14(25(29)30)7-8-18(16)31-2)32-21(28)13-9-19(26)24(11-13)17-6-4-3-5-15(17)22/h3-8,10,12-13H,9,11H2,1-2H3,(H,23,27)/t12-,13-/m1/s1. The van der Waals surface area contributed by atoms with Crippen LogP contribution in [0.5, 0.6) is 5.75 Å². The van der Waals surface area contributed by atoms with E-state index in [1.807, 2.05) is 0 Å². The lowest BCUT2D eigenvalue weighted by molar-refractivity contribution is -0.384. The third kappa shape index (κ3) is 4.82. The maximum atomic E-state index is 14.0. The van der Waals surface area contributed by atoms with Gasteiger partial charge < -0.3 is 19.7 Å². The minimum Gasteiger partial charge on any atom is -0.495 e. The summed E-state index contributed by atoms with van der Waals surface area (Å²) in [4.78, 5) is 48.7. The first-order valence-electron chi connectivity index (χ1n) is 9.60. The van der Waals surface area contributed by atoms with Gasteiger partial charge in [-0.1, -0.05) is 12.1 Å². The van der Waals surface area contributed by atoms with Crippen LogP contribution in [-0.4, -0.2) is 42.5 Å². The van der Waals surface area contributed by atoms with E-state index in [-0.39, 0.29) is 35.8 Å². The Morgan fingerprint density at radius 1 is 1.28 bits per heavy atom. The number of amides is 2. The number of esters is 1. The minimum atomic E-state index is -1.26. The molecule has 0 aromatic heterocycles. The summed E-state index contributed by atoms with van der Waals surface area (Å²) in [6.45, 7) is 1.24. The molecule has 2 aromatic rings. The van der Waals surface area contributed by atoms with E-state index < -0.39 is 40.5 Å². The fourth-order valence-corrected chi connectivity index (χ4v) is 3.23. The molecule has 2 amide bonds. The van der Waals surface area contributed by atoms with Crippen molar-refractivity contribution in [2.45, 2.75) is 19.4 Å². The van der Waals surface area contributed by atoms with Crippen LogP contribution in [0.1, 0.15) is 13.3 Å². The Balaban J connectivity index is 1.64. The Kier molecular flexibility index (Phi) is 6.67. The molecule has 11 heteroatoms. The lowest BCUT2D eigenvalue weighted by atomic mass is 10.1. The van der Waals surface area contributed by atoms with Gasteiger partial charge in [0.2, 0.25) is 5.91 Å². The van der Waals surface area contributed by atoms with Crippen LogP contribution in [0, 0.1) is 21.8 Å². The van der Waals surface area contributed by atoms with Crippen molar-refractivity contribution in [3.63, 3.8) is 0 Å². The van der Waals surface area contributed by atoms with Gasteiger partial charge in [-0.3, -0.25) is 24.5 Å². The smallest absolute Gasteiger partial charge is 0.312 e. The molecule has 3 rings (SSSR count). The van der Waals surface area contributed by atoms with Crippen LogP contribution in [0.25, 0.3) is 0 Å². The van der Waals surface area contributed by atoms with E-state index in [1.54, 1.807) is 6.07 Å². The number of hydrogen-bond acceptors (Lipinski definition) is 7. The summed E-state index contributed by atoms with van der Waals surface area (Å²) in [6.07, 6.45) is -1.44. The second-order valence-electron chi connectivity index (χ2n) is 7.07. The Hall–Kier alpha value is -4.02. The Morgan fingerprint density at radius 2 is 2.00 bits per heavy atom. The lowest BCUT2D eigenvalue weighted by Gasteiger charge is -2.18. The van der Waals surface area contributed by atoms with Gasteiger partial charge in [-0.25, -0.2) is 4.39 Å². The summed E-state index contributed by atoms with van der Waals surface area (Å²) in [6, 6.07) is 9.37. The van der Waals surface area contributed by atoms with Crippen molar-refractivity contribution in [2.75, 3.05) is 23.9 Å². The fraction of sp³-hybridized carbons (Fsp3) is 0.286. The first-order valence-corrected chi connectivity index (χ1v) is 9.60. The SMILES string of the molecule is COc1ccc([N+](=O)[O-])cc1NC(=O)[C@@H](C)OC(=O)[C@@H]1CC(=O)N(c2ccccc2F)C1. The average molecular weight is 445 g/mol. The predicted molar refractivity (Wildman–Crippen MR) is 111 cm³/mol. The number of ether oxygens (including phenoxy) is 2. The van der Waals surface area contributed by atoms with E-state index in [1.165, 1.54) is 49.3 Å². The van der Waals surface area contributed by atoms with Gasteiger partial charge in [-0.05, 0) is 25.1 Å². The van der Waals surface area contributed by atoms with Gasteiger partial charge in [0.1, 0.15) is 11.6 Å². The number of anilines is 2. The van der Waals surface area contributed by atoms with Crippen LogP contribution < -0.4 is 15.0 Å². The zero-order valence-corrected chi connectivity index (χ0v) is 17.2. The number of nitrogens with zero attached hydrogens (tertiary/aromatic N) is 2. The van der Waals surface area contributed by atoms with Crippen molar-refractivity contribution < 1.29 is 33.2 Å². The van der Waals surface area contributed by atoms with Crippen molar-refractivity contribution in [2.24, 2.45) is 5.92 Å². The number of nitro benzene ring substituents is 1. The van der Waals surface area contributed by atoms with Gasteiger partial charge in [0, 0.05) is 25.1 Å². The number of nitro groups is 1. The molecular weight excluding hydrogens is 425 g/mol. The molecule has 0 unspecified atom stereocenters. The zero-order valence-electron chi connectivity index (χ0n) is 17.2. The first kappa shape index (κ1) is 22.7. The highest BCUT2D eigenvalue weighted by molar-refractivity contribution is 6.00. The first-order chi connectivity index (χ1) is 15.2. The quantitative estimate of drug-likeness (QED) is 0.394. The van der Waals surface area contributed by atoms with Crippen LogP contribution in [0.3, 0.4) is 0 Å².